The van der Waals surface area contributed by atoms with Crippen LogP contribution in [-0.2, 0) is 29.5 Å². The van der Waals surface area contributed by atoms with Crippen molar-refractivity contribution in [1.82, 2.24) is 14.7 Å². The summed E-state index contributed by atoms with van der Waals surface area (Å²) >= 11 is 0. The lowest BCUT2D eigenvalue weighted by Gasteiger charge is -2.35. The van der Waals surface area contributed by atoms with Gasteiger partial charge >= 0.3 is 5.97 Å². The second-order valence-corrected chi connectivity index (χ2v) is 6.14. The molecular formula is C17H19N3O3. The number of ether oxygens (including phenoxy) is 1. The third-order valence-electron chi connectivity index (χ3n) is 4.06. The van der Waals surface area contributed by atoms with Crippen LogP contribution in [-0.4, -0.2) is 39.2 Å². The topological polar surface area (TPSA) is 64.4 Å². The summed E-state index contributed by atoms with van der Waals surface area (Å²) in [4.78, 5) is 26.6. The maximum atomic E-state index is 12.8. The number of likely N-dealkylation sites (N-methyl/N-ethyl adjacent to an activating group) is 1. The van der Waals surface area contributed by atoms with Gasteiger partial charge in [0, 0.05) is 38.8 Å². The molecule has 1 aliphatic rings. The molecule has 0 N–H and O–H groups in total. The Labute approximate surface area is 134 Å². The Kier molecular flexibility index (Phi) is 3.67. The maximum Gasteiger partial charge on any atom is 0.339 e. The maximum absolute atomic E-state index is 12.8. The number of nitrogens with zero attached hydrogens (tertiary/aromatic N) is 3. The number of amides is 1. The van der Waals surface area contributed by atoms with Gasteiger partial charge < -0.3 is 9.64 Å². The van der Waals surface area contributed by atoms with Crippen molar-refractivity contribution in [2.24, 2.45) is 7.05 Å². The molecule has 1 atom stereocenters. The van der Waals surface area contributed by atoms with Crippen LogP contribution in [0.15, 0.2) is 36.7 Å². The molecule has 0 unspecified atom stereocenters. The number of hydrogen-bond acceptors (Lipinski definition) is 4. The van der Waals surface area contributed by atoms with E-state index in [1.54, 1.807) is 41.9 Å². The summed E-state index contributed by atoms with van der Waals surface area (Å²) in [6, 6.07) is 7.24. The average molecular weight is 313 g/mol. The second kappa shape index (κ2) is 5.53. The molecule has 0 aliphatic carbocycles. The van der Waals surface area contributed by atoms with Gasteiger partial charge in [-0.25, -0.2) is 4.79 Å². The minimum atomic E-state index is -1.18. The van der Waals surface area contributed by atoms with E-state index in [4.69, 9.17) is 4.74 Å². The normalized spacial score (nSPS) is 19.9. The molecule has 0 bridgehead atoms. The Morgan fingerprint density at radius 1 is 1.43 bits per heavy atom. The molecule has 0 spiro atoms. The number of aromatic nitrogens is 2. The van der Waals surface area contributed by atoms with E-state index < -0.39 is 11.6 Å². The van der Waals surface area contributed by atoms with Crippen LogP contribution in [0.5, 0.6) is 0 Å². The first kappa shape index (κ1) is 15.3. The number of esters is 1. The molecule has 23 heavy (non-hydrogen) atoms. The zero-order valence-corrected chi connectivity index (χ0v) is 13.4. The molecule has 6 nitrogen and oxygen atoms in total. The molecule has 0 fully saturated rings. The Hall–Kier alpha value is -2.63. The van der Waals surface area contributed by atoms with Gasteiger partial charge in [0.2, 0.25) is 0 Å². The summed E-state index contributed by atoms with van der Waals surface area (Å²) < 4.78 is 7.16. The van der Waals surface area contributed by atoms with Crippen LogP contribution in [0.25, 0.3) is 0 Å². The molecule has 0 saturated carbocycles. The van der Waals surface area contributed by atoms with Gasteiger partial charge in [-0.1, -0.05) is 18.2 Å². The number of carbonyl (C=O) groups is 2. The smallest absolute Gasteiger partial charge is 0.339 e. The number of carbonyl (C=O) groups excluding carboxylic acids is 2. The summed E-state index contributed by atoms with van der Waals surface area (Å²) in [5.41, 5.74) is 1.12. The third-order valence-corrected chi connectivity index (χ3v) is 4.06. The van der Waals surface area contributed by atoms with E-state index in [1.165, 1.54) is 0 Å². The molecule has 0 radical (unpaired) electrons. The van der Waals surface area contributed by atoms with E-state index in [9.17, 15) is 9.59 Å². The molecular weight excluding hydrogens is 294 g/mol. The average Bonchev–Trinajstić information content (AvgIpc) is 2.91. The lowest BCUT2D eigenvalue weighted by Crippen LogP contribution is -2.51. The van der Waals surface area contributed by atoms with Crippen molar-refractivity contribution in [3.8, 4) is 0 Å². The third kappa shape index (κ3) is 2.84. The van der Waals surface area contributed by atoms with Crippen LogP contribution in [0.3, 0.4) is 0 Å². The number of benzene rings is 1. The molecule has 2 aromatic rings. The predicted molar refractivity (Wildman–Crippen MR) is 83.6 cm³/mol. The molecule has 120 valence electrons. The van der Waals surface area contributed by atoms with Crippen LogP contribution in [0, 0.1) is 0 Å². The highest BCUT2D eigenvalue weighted by atomic mass is 16.6. The van der Waals surface area contributed by atoms with Gasteiger partial charge in [0.1, 0.15) is 0 Å². The summed E-state index contributed by atoms with van der Waals surface area (Å²) in [6.07, 6.45) is 3.95. The first-order valence-electron chi connectivity index (χ1n) is 7.43. The zero-order chi connectivity index (χ0) is 16.6. The van der Waals surface area contributed by atoms with E-state index in [-0.39, 0.29) is 5.91 Å². The lowest BCUT2D eigenvalue weighted by atomic mass is 9.89. The van der Waals surface area contributed by atoms with Crippen molar-refractivity contribution in [3.05, 3.63) is 53.3 Å². The second-order valence-electron chi connectivity index (χ2n) is 6.14. The highest BCUT2D eigenvalue weighted by molar-refractivity contribution is 5.97. The largest absolute Gasteiger partial charge is 0.445 e. The van der Waals surface area contributed by atoms with Crippen molar-refractivity contribution in [1.29, 1.82) is 0 Å². The molecule has 1 amide bonds. The highest BCUT2D eigenvalue weighted by Crippen LogP contribution is 2.29. The Balaban J connectivity index is 1.80. The highest BCUT2D eigenvalue weighted by Gasteiger charge is 2.44. The van der Waals surface area contributed by atoms with Gasteiger partial charge in [0.15, 0.2) is 5.60 Å². The van der Waals surface area contributed by atoms with Gasteiger partial charge in [-0.3, -0.25) is 9.48 Å². The van der Waals surface area contributed by atoms with Crippen molar-refractivity contribution >= 4 is 11.9 Å². The van der Waals surface area contributed by atoms with Crippen LogP contribution >= 0.6 is 0 Å². The summed E-state index contributed by atoms with van der Waals surface area (Å²) in [6.45, 7) is 2.09. The van der Waals surface area contributed by atoms with Crippen LogP contribution in [0.2, 0.25) is 0 Å². The standard InChI is InChI=1S/C17H19N3O3/c1-17(8-13-6-4-5-7-14(13)15(21)23-17)16(22)19(2)10-12-9-18-20(3)11-12/h4-7,9,11H,8,10H2,1-3H3/t17-/m1/s1. The monoisotopic (exact) mass is 313 g/mol. The van der Waals surface area contributed by atoms with Gasteiger partial charge in [-0.2, -0.15) is 5.10 Å². The molecule has 6 heteroatoms. The summed E-state index contributed by atoms with van der Waals surface area (Å²) in [5, 5.41) is 4.09. The van der Waals surface area contributed by atoms with Crippen molar-refractivity contribution in [3.63, 3.8) is 0 Å². The first-order valence-corrected chi connectivity index (χ1v) is 7.43. The lowest BCUT2D eigenvalue weighted by molar-refractivity contribution is -0.150. The number of hydrogen-bond donors (Lipinski definition) is 0. The molecule has 1 aliphatic heterocycles. The Morgan fingerprint density at radius 3 is 2.87 bits per heavy atom. The van der Waals surface area contributed by atoms with Gasteiger partial charge in [0.05, 0.1) is 11.8 Å². The van der Waals surface area contributed by atoms with E-state index in [0.29, 0.717) is 18.5 Å². The van der Waals surface area contributed by atoms with Crippen LogP contribution < -0.4 is 0 Å². The fourth-order valence-electron chi connectivity index (χ4n) is 2.95. The van der Waals surface area contributed by atoms with E-state index in [0.717, 1.165) is 11.1 Å². The fraction of sp³-hybridized carbons (Fsp3) is 0.353. The molecule has 2 heterocycles. The van der Waals surface area contributed by atoms with E-state index >= 15 is 0 Å². The number of aryl methyl sites for hydroxylation is 1. The summed E-state index contributed by atoms with van der Waals surface area (Å²) in [5.74, 6) is -0.665. The van der Waals surface area contributed by atoms with Crippen LogP contribution in [0.1, 0.15) is 28.4 Å². The van der Waals surface area contributed by atoms with Gasteiger partial charge in [-0.15, -0.1) is 0 Å². The summed E-state index contributed by atoms with van der Waals surface area (Å²) in [7, 11) is 3.53. The molecule has 0 saturated heterocycles. The van der Waals surface area contributed by atoms with E-state index in [1.807, 2.05) is 25.4 Å². The van der Waals surface area contributed by atoms with Crippen molar-refractivity contribution < 1.29 is 14.3 Å². The first-order chi connectivity index (χ1) is 10.9. The Morgan fingerprint density at radius 2 is 2.17 bits per heavy atom. The number of cyclic esters (lactones) is 1. The van der Waals surface area contributed by atoms with Crippen LogP contribution in [0.4, 0.5) is 0 Å². The van der Waals surface area contributed by atoms with Crippen molar-refractivity contribution in [2.45, 2.75) is 25.5 Å². The molecule has 1 aromatic heterocycles. The minimum Gasteiger partial charge on any atom is -0.445 e. The predicted octanol–water partition coefficient (Wildman–Crippen LogP) is 1.55. The quantitative estimate of drug-likeness (QED) is 0.807. The fourth-order valence-corrected chi connectivity index (χ4v) is 2.95. The van der Waals surface area contributed by atoms with Crippen molar-refractivity contribution in [2.75, 3.05) is 7.05 Å². The SMILES string of the molecule is CN(Cc1cnn(C)c1)C(=O)[C@@]1(C)Cc2ccccc2C(=O)O1. The van der Waals surface area contributed by atoms with Gasteiger partial charge in [-0.05, 0) is 18.6 Å². The van der Waals surface area contributed by atoms with Gasteiger partial charge in [0.25, 0.3) is 5.91 Å². The molecule has 3 rings (SSSR count). The van der Waals surface area contributed by atoms with E-state index in [2.05, 4.69) is 5.10 Å². The zero-order valence-electron chi connectivity index (χ0n) is 13.4. The number of fused-ring (bicyclic) bond motifs is 1. The number of rotatable bonds is 3. The Bertz CT molecular complexity index is 768. The minimum absolute atomic E-state index is 0.218. The molecule has 1 aromatic carbocycles.